The third kappa shape index (κ3) is 4.70. The van der Waals surface area contributed by atoms with Gasteiger partial charge in [-0.3, -0.25) is 9.59 Å². The summed E-state index contributed by atoms with van der Waals surface area (Å²) in [7, 11) is -1.55. The molecule has 2 amide bonds. The zero-order valence-corrected chi connectivity index (χ0v) is 20.4. The van der Waals surface area contributed by atoms with Gasteiger partial charge in [0.05, 0.1) is 10.6 Å². The number of hydrogen-bond acceptors (Lipinski definition) is 6. The first-order chi connectivity index (χ1) is 16.2. The average Bonchev–Trinajstić information content (AvgIpc) is 3.50. The van der Waals surface area contributed by atoms with Gasteiger partial charge in [-0.25, -0.2) is 13.4 Å². The number of fused-ring (bicyclic) bond motifs is 1. The van der Waals surface area contributed by atoms with Crippen molar-refractivity contribution in [1.82, 2.24) is 15.2 Å². The Morgan fingerprint density at radius 1 is 1.12 bits per heavy atom. The molecule has 1 fully saturated rings. The smallest absolute Gasteiger partial charge is 0.253 e. The molecule has 8 nitrogen and oxygen atoms in total. The molecule has 0 bridgehead atoms. The van der Waals surface area contributed by atoms with Crippen LogP contribution in [0.3, 0.4) is 0 Å². The van der Waals surface area contributed by atoms with Crippen LogP contribution in [0.15, 0.2) is 51.8 Å². The summed E-state index contributed by atoms with van der Waals surface area (Å²) >= 11 is 0. The molecule has 1 aromatic heterocycles. The summed E-state index contributed by atoms with van der Waals surface area (Å²) in [5.74, 6) is 0.289. The molecular weight excluding hydrogens is 454 g/mol. The molecule has 2 unspecified atom stereocenters. The van der Waals surface area contributed by atoms with E-state index in [4.69, 9.17) is 4.42 Å². The van der Waals surface area contributed by atoms with Crippen molar-refractivity contribution >= 4 is 32.8 Å². The van der Waals surface area contributed by atoms with Crippen LogP contribution in [0, 0.1) is 5.92 Å². The van der Waals surface area contributed by atoms with Crippen LogP contribution in [0.25, 0.3) is 22.6 Å². The number of oxazole rings is 1. The summed E-state index contributed by atoms with van der Waals surface area (Å²) < 4.78 is 30.1. The number of amides is 2. The minimum absolute atomic E-state index is 0.0145. The van der Waals surface area contributed by atoms with Crippen LogP contribution in [-0.2, 0) is 14.6 Å². The molecule has 0 radical (unpaired) electrons. The molecule has 2 atom stereocenters. The monoisotopic (exact) mass is 483 g/mol. The Hall–Kier alpha value is -3.20. The molecule has 0 saturated heterocycles. The highest BCUT2D eigenvalue weighted by molar-refractivity contribution is 7.91. The highest BCUT2D eigenvalue weighted by Crippen LogP contribution is 2.30. The van der Waals surface area contributed by atoms with E-state index in [0.29, 0.717) is 41.1 Å². The van der Waals surface area contributed by atoms with Gasteiger partial charge < -0.3 is 14.6 Å². The van der Waals surface area contributed by atoms with Crippen molar-refractivity contribution in [3.05, 3.63) is 48.0 Å². The van der Waals surface area contributed by atoms with Gasteiger partial charge in [-0.05, 0) is 68.7 Å². The van der Waals surface area contributed by atoms with E-state index in [1.165, 1.54) is 12.1 Å². The predicted octanol–water partition coefficient (Wildman–Crippen LogP) is 3.67. The van der Waals surface area contributed by atoms with Gasteiger partial charge in [0.15, 0.2) is 15.4 Å². The second kappa shape index (κ2) is 9.58. The summed E-state index contributed by atoms with van der Waals surface area (Å²) in [6, 6.07) is 11.7. The second-order valence-electron chi connectivity index (χ2n) is 8.60. The molecule has 2 aromatic carbocycles. The number of nitrogens with zero attached hydrogens (tertiary/aromatic N) is 2. The maximum Gasteiger partial charge on any atom is 0.253 e. The Balaban J connectivity index is 1.48. The van der Waals surface area contributed by atoms with E-state index in [9.17, 15) is 18.0 Å². The van der Waals surface area contributed by atoms with Gasteiger partial charge in [-0.15, -0.1) is 0 Å². The van der Waals surface area contributed by atoms with Gasteiger partial charge in [0, 0.05) is 36.7 Å². The molecular formula is C25H29N3O5S. The molecule has 9 heteroatoms. The predicted molar refractivity (Wildman–Crippen MR) is 129 cm³/mol. The SMILES string of the molecule is CCNC(=O)C1CCC(N(C)C(=O)c2ccc(-c3nc4cc(S(=O)(=O)CC)ccc4o3)cc2)C1. The van der Waals surface area contributed by atoms with Crippen molar-refractivity contribution in [2.24, 2.45) is 5.92 Å². The Bertz CT molecular complexity index is 1310. The fraction of sp³-hybridized carbons (Fsp3) is 0.400. The lowest BCUT2D eigenvalue weighted by Gasteiger charge is -2.25. The van der Waals surface area contributed by atoms with Crippen LogP contribution in [0.1, 0.15) is 43.5 Å². The standard InChI is InChI=1S/C25H29N3O5S/c1-4-26-23(29)18-10-11-19(14-18)28(3)25(30)17-8-6-16(7-9-17)24-27-21-15-20(34(31,32)5-2)12-13-22(21)33-24/h6-9,12-13,15,18-19H,4-5,10-11,14H2,1-3H3,(H,26,29). The zero-order chi connectivity index (χ0) is 24.5. The van der Waals surface area contributed by atoms with Crippen LogP contribution >= 0.6 is 0 Å². The van der Waals surface area contributed by atoms with E-state index in [1.807, 2.05) is 6.92 Å². The lowest BCUT2D eigenvalue weighted by molar-refractivity contribution is -0.124. The lowest BCUT2D eigenvalue weighted by Crippen LogP contribution is -2.36. The Morgan fingerprint density at radius 2 is 1.85 bits per heavy atom. The molecule has 4 rings (SSSR count). The van der Waals surface area contributed by atoms with Gasteiger partial charge in [0.25, 0.3) is 5.91 Å². The first-order valence-electron chi connectivity index (χ1n) is 11.5. The van der Waals surface area contributed by atoms with Crippen molar-refractivity contribution in [3.8, 4) is 11.5 Å². The number of carbonyl (C=O) groups is 2. The summed E-state index contributed by atoms with van der Waals surface area (Å²) in [4.78, 5) is 31.5. The highest BCUT2D eigenvalue weighted by atomic mass is 32.2. The number of nitrogens with one attached hydrogen (secondary N) is 1. The molecule has 1 saturated carbocycles. The Morgan fingerprint density at radius 3 is 2.53 bits per heavy atom. The summed E-state index contributed by atoms with van der Waals surface area (Å²) in [5, 5.41) is 2.87. The van der Waals surface area contributed by atoms with Crippen LogP contribution in [0.5, 0.6) is 0 Å². The van der Waals surface area contributed by atoms with Crippen LogP contribution in [-0.4, -0.2) is 55.5 Å². The minimum Gasteiger partial charge on any atom is -0.436 e. The molecule has 3 aromatic rings. The maximum absolute atomic E-state index is 13.0. The van der Waals surface area contributed by atoms with Gasteiger partial charge in [-0.1, -0.05) is 6.92 Å². The van der Waals surface area contributed by atoms with Gasteiger partial charge >= 0.3 is 0 Å². The van der Waals surface area contributed by atoms with E-state index in [1.54, 1.807) is 49.2 Å². The van der Waals surface area contributed by atoms with Gasteiger partial charge in [-0.2, -0.15) is 0 Å². The van der Waals surface area contributed by atoms with Gasteiger partial charge in [0.2, 0.25) is 11.8 Å². The number of benzene rings is 2. The molecule has 0 spiro atoms. The number of sulfone groups is 1. The van der Waals surface area contributed by atoms with Crippen molar-refractivity contribution in [2.75, 3.05) is 19.3 Å². The maximum atomic E-state index is 13.0. The van der Waals surface area contributed by atoms with Crippen molar-refractivity contribution < 1.29 is 22.4 Å². The molecule has 0 aliphatic heterocycles. The summed E-state index contributed by atoms with van der Waals surface area (Å²) in [5.41, 5.74) is 2.19. The third-order valence-electron chi connectivity index (χ3n) is 6.47. The fourth-order valence-electron chi connectivity index (χ4n) is 4.38. The van der Waals surface area contributed by atoms with Crippen LogP contribution in [0.4, 0.5) is 0 Å². The largest absolute Gasteiger partial charge is 0.436 e. The Kier molecular flexibility index (Phi) is 6.74. The van der Waals surface area contributed by atoms with Crippen LogP contribution < -0.4 is 5.32 Å². The summed E-state index contributed by atoms with van der Waals surface area (Å²) in [6.07, 6.45) is 2.26. The van der Waals surface area contributed by atoms with Gasteiger partial charge in [0.1, 0.15) is 5.52 Å². The third-order valence-corrected chi connectivity index (χ3v) is 8.20. The zero-order valence-electron chi connectivity index (χ0n) is 19.6. The number of aromatic nitrogens is 1. The topological polar surface area (TPSA) is 110 Å². The summed E-state index contributed by atoms with van der Waals surface area (Å²) in [6.45, 7) is 4.11. The molecule has 1 aliphatic carbocycles. The first kappa shape index (κ1) is 23.9. The van der Waals surface area contributed by atoms with Crippen molar-refractivity contribution in [3.63, 3.8) is 0 Å². The highest BCUT2D eigenvalue weighted by Gasteiger charge is 2.33. The van der Waals surface area contributed by atoms with E-state index < -0.39 is 9.84 Å². The first-order valence-corrected chi connectivity index (χ1v) is 13.2. The second-order valence-corrected chi connectivity index (χ2v) is 10.9. The number of hydrogen-bond donors (Lipinski definition) is 1. The fourth-order valence-corrected chi connectivity index (χ4v) is 5.28. The number of rotatable bonds is 7. The molecule has 180 valence electrons. The van der Waals surface area contributed by atoms with E-state index in [-0.39, 0.29) is 34.4 Å². The van der Waals surface area contributed by atoms with Crippen molar-refractivity contribution in [1.29, 1.82) is 0 Å². The average molecular weight is 484 g/mol. The minimum atomic E-state index is -3.33. The number of carbonyl (C=O) groups excluding carboxylic acids is 2. The molecule has 1 aliphatic rings. The van der Waals surface area contributed by atoms with Crippen molar-refractivity contribution in [2.45, 2.75) is 44.0 Å². The quantitative estimate of drug-likeness (QED) is 0.549. The molecule has 1 heterocycles. The lowest BCUT2D eigenvalue weighted by atomic mass is 10.1. The molecule has 1 N–H and O–H groups in total. The molecule has 34 heavy (non-hydrogen) atoms. The van der Waals surface area contributed by atoms with E-state index >= 15 is 0 Å². The normalized spacial score (nSPS) is 18.2. The van der Waals surface area contributed by atoms with E-state index in [2.05, 4.69) is 10.3 Å². The van der Waals surface area contributed by atoms with E-state index in [0.717, 1.165) is 12.8 Å². The van der Waals surface area contributed by atoms with Crippen LogP contribution in [0.2, 0.25) is 0 Å². The Labute approximate surface area is 199 Å².